The number of nitrogens with zero attached hydrogens (tertiary/aromatic N) is 5. The van der Waals surface area contributed by atoms with Gasteiger partial charge in [-0.1, -0.05) is 26.0 Å². The van der Waals surface area contributed by atoms with Crippen molar-refractivity contribution in [2.45, 2.75) is 32.9 Å². The van der Waals surface area contributed by atoms with E-state index in [9.17, 15) is 9.90 Å². The molecule has 3 heterocycles. The fraction of sp³-hybridized carbons (Fsp3) is 0.429. The third kappa shape index (κ3) is 9.25. The van der Waals surface area contributed by atoms with Crippen LogP contribution in [0.5, 0.6) is 0 Å². The first-order valence-corrected chi connectivity index (χ1v) is 13.4. The van der Waals surface area contributed by atoms with Gasteiger partial charge in [0.15, 0.2) is 0 Å². The van der Waals surface area contributed by atoms with Gasteiger partial charge in [-0.3, -0.25) is 14.6 Å². The predicted molar refractivity (Wildman–Crippen MR) is 154 cm³/mol. The highest BCUT2D eigenvalue weighted by Crippen LogP contribution is 2.22. The van der Waals surface area contributed by atoms with Crippen LogP contribution in [-0.4, -0.2) is 92.9 Å². The van der Waals surface area contributed by atoms with E-state index in [0.29, 0.717) is 38.7 Å². The van der Waals surface area contributed by atoms with Crippen LogP contribution in [0.3, 0.4) is 0 Å². The zero-order valence-corrected chi connectivity index (χ0v) is 22.8. The smallest absolute Gasteiger partial charge is 0.317 e. The number of nitrogens with one attached hydrogen (secondary N) is 2. The van der Waals surface area contributed by atoms with Gasteiger partial charge in [-0.25, -0.2) is 15.0 Å². The third-order valence-corrected chi connectivity index (χ3v) is 6.23. The molecule has 39 heavy (non-hydrogen) atoms. The average Bonchev–Trinajstić information content (AvgIpc) is 2.95. The number of hydrogen-bond acceptors (Lipinski definition) is 10. The number of nitrogens with two attached hydrogens (primary N) is 1. The van der Waals surface area contributed by atoms with E-state index in [1.165, 1.54) is 0 Å². The van der Waals surface area contributed by atoms with Gasteiger partial charge < -0.3 is 26.6 Å². The number of carboxylic acid groups (broad SMARTS) is 1. The van der Waals surface area contributed by atoms with Crippen molar-refractivity contribution in [3.05, 3.63) is 60.4 Å². The molecule has 2 aromatic heterocycles. The van der Waals surface area contributed by atoms with E-state index in [0.717, 1.165) is 41.3 Å². The van der Waals surface area contributed by atoms with Crippen LogP contribution >= 0.6 is 0 Å². The Bertz CT molecular complexity index is 1160. The zero-order valence-electron chi connectivity index (χ0n) is 22.8. The summed E-state index contributed by atoms with van der Waals surface area (Å²) in [4.78, 5) is 28.6. The first kappa shape index (κ1) is 29.9. The molecule has 0 saturated carbocycles. The van der Waals surface area contributed by atoms with Gasteiger partial charge in [0.25, 0.3) is 0 Å². The highest BCUT2D eigenvalue weighted by Gasteiger charge is 2.27. The number of anilines is 3. The van der Waals surface area contributed by atoms with Crippen LogP contribution in [0.25, 0.3) is 11.3 Å². The van der Waals surface area contributed by atoms with E-state index in [-0.39, 0.29) is 19.2 Å². The minimum atomic E-state index is -0.848. The Morgan fingerprint density at radius 1 is 1.15 bits per heavy atom. The molecule has 1 unspecified atom stereocenters. The lowest BCUT2D eigenvalue weighted by molar-refractivity contribution is -0.139. The molecule has 3 aromatic rings. The first-order chi connectivity index (χ1) is 19.0. The minimum absolute atomic E-state index is 0.00526. The summed E-state index contributed by atoms with van der Waals surface area (Å²) in [5.41, 5.74) is 9.12. The van der Waals surface area contributed by atoms with E-state index in [1.807, 2.05) is 61.2 Å². The fourth-order valence-corrected chi connectivity index (χ4v) is 4.33. The largest absolute Gasteiger partial charge is 0.480 e. The number of aromatic nitrogens is 3. The van der Waals surface area contributed by atoms with Gasteiger partial charge in [-0.05, 0) is 48.9 Å². The molecule has 0 radical (unpaired) electrons. The molecule has 11 heteroatoms. The number of aliphatic hydroxyl groups excluding tert-OH is 1. The maximum Gasteiger partial charge on any atom is 0.317 e. The van der Waals surface area contributed by atoms with Gasteiger partial charge >= 0.3 is 5.97 Å². The molecule has 0 amide bonds. The summed E-state index contributed by atoms with van der Waals surface area (Å²) in [6.45, 7) is 7.92. The lowest BCUT2D eigenvalue weighted by Gasteiger charge is -2.40. The third-order valence-electron chi connectivity index (χ3n) is 6.23. The first-order valence-electron chi connectivity index (χ1n) is 13.4. The van der Waals surface area contributed by atoms with Crippen LogP contribution in [0.4, 0.5) is 17.5 Å². The summed E-state index contributed by atoms with van der Waals surface area (Å²) >= 11 is 0. The number of benzene rings is 1. The fourth-order valence-electron chi connectivity index (χ4n) is 4.33. The van der Waals surface area contributed by atoms with Crippen LogP contribution in [0.2, 0.25) is 0 Å². The summed E-state index contributed by atoms with van der Waals surface area (Å²) < 4.78 is 0. The minimum Gasteiger partial charge on any atom is -0.480 e. The number of piperazine rings is 1. The molecule has 1 aromatic carbocycles. The Morgan fingerprint density at radius 3 is 2.72 bits per heavy atom. The number of hydrogen-bond donors (Lipinski definition) is 5. The molecule has 0 aliphatic carbocycles. The summed E-state index contributed by atoms with van der Waals surface area (Å²) in [6.07, 6.45) is 4.38. The van der Waals surface area contributed by atoms with Crippen LogP contribution in [-0.2, 0) is 11.3 Å². The second-order valence-corrected chi connectivity index (χ2v) is 9.03. The van der Waals surface area contributed by atoms with E-state index in [2.05, 4.69) is 30.5 Å². The van der Waals surface area contributed by atoms with Crippen LogP contribution in [0.1, 0.15) is 25.8 Å². The second-order valence-electron chi connectivity index (χ2n) is 9.03. The van der Waals surface area contributed by atoms with E-state index in [4.69, 9.17) is 10.8 Å². The molecular formula is C28H40N8O3. The Balaban J connectivity index is 0.00000205. The normalized spacial score (nSPS) is 15.7. The monoisotopic (exact) mass is 536 g/mol. The highest BCUT2D eigenvalue weighted by molar-refractivity contribution is 5.69. The molecule has 0 bridgehead atoms. The molecule has 6 N–H and O–H groups in total. The molecule has 1 fully saturated rings. The summed E-state index contributed by atoms with van der Waals surface area (Å²) in [6, 6.07) is 13.6. The maximum absolute atomic E-state index is 11.0. The molecular weight excluding hydrogens is 496 g/mol. The number of carbonyl (C=O) groups is 1. The van der Waals surface area contributed by atoms with Gasteiger partial charge in [0, 0.05) is 62.4 Å². The standard InChI is InChI=1S/C26H34N8O3.C2H6/c27-8-2-9-28-24-6-5-20(14-30-24)23-7-10-29-26(32-23)31-21-4-1-3-19(13-21)15-34-12-11-33(17-25(36)37)16-22(34)18-35;1-2/h1,3-7,10,13-14,22,35H,2,8-9,11-12,15-18,27H2,(H,28,30)(H,36,37)(H,29,31,32);1-2H3. The molecule has 1 aliphatic heterocycles. The number of pyridine rings is 1. The molecule has 1 atom stereocenters. The summed E-state index contributed by atoms with van der Waals surface area (Å²) in [7, 11) is 0. The summed E-state index contributed by atoms with van der Waals surface area (Å²) in [5, 5.41) is 25.5. The van der Waals surface area contributed by atoms with Gasteiger partial charge in [0.2, 0.25) is 5.95 Å². The molecule has 4 rings (SSSR count). The van der Waals surface area contributed by atoms with E-state index in [1.54, 1.807) is 12.4 Å². The molecule has 0 spiro atoms. The van der Waals surface area contributed by atoms with E-state index < -0.39 is 5.97 Å². The van der Waals surface area contributed by atoms with Crippen molar-refractivity contribution >= 4 is 23.4 Å². The number of rotatable bonds is 12. The zero-order chi connectivity index (χ0) is 28.0. The van der Waals surface area contributed by atoms with Gasteiger partial charge in [-0.15, -0.1) is 0 Å². The Morgan fingerprint density at radius 2 is 2.00 bits per heavy atom. The lowest BCUT2D eigenvalue weighted by atomic mass is 10.1. The van der Waals surface area contributed by atoms with Crippen molar-refractivity contribution < 1.29 is 15.0 Å². The Hall–Kier alpha value is -3.64. The van der Waals surface area contributed by atoms with Crippen molar-refractivity contribution in [3.63, 3.8) is 0 Å². The summed E-state index contributed by atoms with van der Waals surface area (Å²) in [5.74, 6) is 0.433. The van der Waals surface area contributed by atoms with Gasteiger partial charge in [0.05, 0.1) is 18.8 Å². The van der Waals surface area contributed by atoms with Crippen molar-refractivity contribution in [2.24, 2.45) is 5.73 Å². The van der Waals surface area contributed by atoms with Crippen molar-refractivity contribution in [3.8, 4) is 11.3 Å². The second kappa shape index (κ2) is 15.7. The quantitative estimate of drug-likeness (QED) is 0.217. The molecule has 11 nitrogen and oxygen atoms in total. The van der Waals surface area contributed by atoms with Gasteiger partial charge in [0.1, 0.15) is 5.82 Å². The number of aliphatic hydroxyl groups is 1. The van der Waals surface area contributed by atoms with Gasteiger partial charge in [-0.2, -0.15) is 0 Å². The van der Waals surface area contributed by atoms with Crippen LogP contribution in [0.15, 0.2) is 54.9 Å². The Labute approximate surface area is 230 Å². The van der Waals surface area contributed by atoms with E-state index >= 15 is 0 Å². The average molecular weight is 537 g/mol. The lowest BCUT2D eigenvalue weighted by Crippen LogP contribution is -2.55. The topological polar surface area (TPSA) is 153 Å². The van der Waals surface area contributed by atoms with Crippen molar-refractivity contribution in [2.75, 3.05) is 56.5 Å². The predicted octanol–water partition coefficient (Wildman–Crippen LogP) is 2.63. The van der Waals surface area contributed by atoms with Crippen molar-refractivity contribution in [1.82, 2.24) is 24.8 Å². The maximum atomic E-state index is 11.0. The van der Waals surface area contributed by atoms with Crippen LogP contribution in [0, 0.1) is 0 Å². The van der Waals surface area contributed by atoms with Crippen LogP contribution < -0.4 is 16.4 Å². The number of aliphatic carboxylic acids is 1. The number of carboxylic acids is 1. The molecule has 1 saturated heterocycles. The van der Waals surface area contributed by atoms with Crippen molar-refractivity contribution in [1.29, 1.82) is 0 Å². The molecule has 1 aliphatic rings. The Kier molecular flexibility index (Phi) is 12.0. The SMILES string of the molecule is CC.NCCCNc1ccc(-c2ccnc(Nc3cccc(CN4CCN(CC(=O)O)CC4CO)c3)n2)cn1. The molecule has 210 valence electrons. The highest BCUT2D eigenvalue weighted by atomic mass is 16.4.